The van der Waals surface area contributed by atoms with Crippen LogP contribution in [0.3, 0.4) is 0 Å². The molecule has 0 radical (unpaired) electrons. The van der Waals surface area contributed by atoms with Crippen molar-refractivity contribution in [1.29, 1.82) is 0 Å². The van der Waals surface area contributed by atoms with Gasteiger partial charge in [-0.15, -0.1) is 0 Å². The van der Waals surface area contributed by atoms with Crippen molar-refractivity contribution in [2.75, 3.05) is 18.4 Å². The molecule has 1 aliphatic rings. The number of hydrogen-bond donors (Lipinski definition) is 1. The maximum Gasteiger partial charge on any atom is 0.295 e. The summed E-state index contributed by atoms with van der Waals surface area (Å²) >= 11 is 0. The molecule has 2 aromatic heterocycles. The van der Waals surface area contributed by atoms with Gasteiger partial charge >= 0.3 is 0 Å². The number of aryl methyl sites for hydroxylation is 1. The second-order valence-electron chi connectivity index (χ2n) is 8.54. The van der Waals surface area contributed by atoms with E-state index in [4.69, 9.17) is 4.42 Å². The average molecular weight is 449 g/mol. The predicted octanol–water partition coefficient (Wildman–Crippen LogP) is 4.21. The van der Waals surface area contributed by atoms with Crippen molar-refractivity contribution in [3.05, 3.63) is 65.7 Å². The molecule has 2 unspecified atom stereocenters. The number of amides is 1. The van der Waals surface area contributed by atoms with E-state index in [0.717, 1.165) is 18.4 Å². The second-order valence-corrected chi connectivity index (χ2v) is 8.54. The fourth-order valence-corrected chi connectivity index (χ4v) is 4.46. The maximum absolute atomic E-state index is 13.7. The number of carbonyl (C=O) groups excluding carboxylic acids is 1. The van der Waals surface area contributed by atoms with Crippen molar-refractivity contribution in [3.8, 4) is 5.69 Å². The maximum atomic E-state index is 13.7. The van der Waals surface area contributed by atoms with E-state index in [2.05, 4.69) is 27.4 Å². The Morgan fingerprint density at radius 1 is 1.21 bits per heavy atom. The molecule has 0 bridgehead atoms. The summed E-state index contributed by atoms with van der Waals surface area (Å²) in [7, 11) is 0. The van der Waals surface area contributed by atoms with Crippen molar-refractivity contribution >= 4 is 23.0 Å². The van der Waals surface area contributed by atoms with Gasteiger partial charge in [0.15, 0.2) is 5.58 Å². The number of carbonyl (C=O) groups is 1. The molecule has 1 aliphatic heterocycles. The molecular weight excluding hydrogens is 423 g/mol. The lowest BCUT2D eigenvalue weighted by Gasteiger charge is -2.40. The number of oxazole rings is 1. The van der Waals surface area contributed by atoms with Crippen molar-refractivity contribution in [2.45, 2.75) is 32.7 Å². The van der Waals surface area contributed by atoms with Gasteiger partial charge in [0, 0.05) is 19.2 Å². The number of fused-ring (bicyclic) bond motifs is 1. The molecule has 3 heterocycles. The summed E-state index contributed by atoms with van der Waals surface area (Å²) in [5.74, 6) is -0.130. The molecule has 2 aromatic carbocycles. The Balaban J connectivity index is 1.40. The number of piperidine rings is 1. The molecule has 170 valence electrons. The molecule has 8 nitrogen and oxygen atoms in total. The molecule has 1 amide bonds. The Morgan fingerprint density at radius 2 is 2.03 bits per heavy atom. The van der Waals surface area contributed by atoms with Crippen LogP contribution in [0.2, 0.25) is 0 Å². The Morgan fingerprint density at radius 3 is 2.85 bits per heavy atom. The van der Waals surface area contributed by atoms with Crippen LogP contribution < -0.4 is 5.32 Å². The predicted molar refractivity (Wildman–Crippen MR) is 122 cm³/mol. The molecule has 5 rings (SSSR count). The van der Waals surface area contributed by atoms with Gasteiger partial charge in [-0.25, -0.2) is 4.39 Å². The number of anilines is 1. The van der Waals surface area contributed by atoms with Crippen LogP contribution in [0.15, 0.2) is 53.2 Å². The normalized spacial score (nSPS) is 18.6. The number of nitrogens with zero attached hydrogens (tertiary/aromatic N) is 5. The standard InChI is InChI=1S/C24H25FN6O2/c1-15-5-7-18(20(12-15)31-27-9-10-28-31)23(32)30-11-3-4-16(2)21(30)14-26-24-29-19-13-17(25)6-8-22(19)33-24/h5-10,12-13,16,21H,3-4,11,14H2,1-2H3,(H,26,29). The summed E-state index contributed by atoms with van der Waals surface area (Å²) in [4.78, 5) is 21.5. The zero-order valence-corrected chi connectivity index (χ0v) is 18.5. The van der Waals surface area contributed by atoms with Crippen LogP contribution >= 0.6 is 0 Å². The van der Waals surface area contributed by atoms with E-state index in [0.29, 0.717) is 41.5 Å². The molecule has 1 saturated heterocycles. The van der Waals surface area contributed by atoms with Crippen LogP contribution in [0.5, 0.6) is 0 Å². The molecule has 9 heteroatoms. The van der Waals surface area contributed by atoms with Crippen LogP contribution in [0.4, 0.5) is 10.4 Å². The highest BCUT2D eigenvalue weighted by molar-refractivity contribution is 5.98. The highest BCUT2D eigenvalue weighted by Crippen LogP contribution is 2.28. The second kappa shape index (κ2) is 8.65. The smallest absolute Gasteiger partial charge is 0.295 e. The topological polar surface area (TPSA) is 89.1 Å². The fourth-order valence-electron chi connectivity index (χ4n) is 4.46. The summed E-state index contributed by atoms with van der Waals surface area (Å²) in [5.41, 5.74) is 3.22. The van der Waals surface area contributed by atoms with Crippen LogP contribution in [-0.2, 0) is 0 Å². The first-order chi connectivity index (χ1) is 16.0. The fraction of sp³-hybridized carbons (Fsp3) is 0.333. The van der Waals surface area contributed by atoms with Crippen LogP contribution in [0.25, 0.3) is 16.8 Å². The quantitative estimate of drug-likeness (QED) is 0.492. The number of benzene rings is 2. The molecule has 2 atom stereocenters. The molecule has 4 aromatic rings. The van der Waals surface area contributed by atoms with Crippen LogP contribution in [0.1, 0.15) is 35.7 Å². The number of nitrogens with one attached hydrogen (secondary N) is 1. The first-order valence-electron chi connectivity index (χ1n) is 11.1. The Hall–Kier alpha value is -3.75. The number of halogens is 1. The summed E-state index contributed by atoms with van der Waals surface area (Å²) in [6, 6.07) is 10.2. The van der Waals surface area contributed by atoms with Gasteiger partial charge in [0.25, 0.3) is 11.9 Å². The third kappa shape index (κ3) is 4.18. The van der Waals surface area contributed by atoms with Crippen molar-refractivity contribution in [3.63, 3.8) is 0 Å². The summed E-state index contributed by atoms with van der Waals surface area (Å²) in [5, 5.41) is 11.7. The van der Waals surface area contributed by atoms with Gasteiger partial charge in [-0.1, -0.05) is 13.0 Å². The minimum absolute atomic E-state index is 0.0553. The largest absolute Gasteiger partial charge is 0.424 e. The van der Waals surface area contributed by atoms with Crippen molar-refractivity contribution in [1.82, 2.24) is 24.9 Å². The lowest BCUT2D eigenvalue weighted by molar-refractivity contribution is 0.0539. The molecule has 0 saturated carbocycles. The minimum atomic E-state index is -0.361. The molecule has 0 spiro atoms. The lowest BCUT2D eigenvalue weighted by atomic mass is 9.90. The molecule has 1 N–H and O–H groups in total. The van der Waals surface area contributed by atoms with Gasteiger partial charge in [-0.2, -0.15) is 20.0 Å². The van der Waals surface area contributed by atoms with Gasteiger partial charge in [0.1, 0.15) is 11.3 Å². The lowest BCUT2D eigenvalue weighted by Crippen LogP contribution is -2.51. The van der Waals surface area contributed by atoms with E-state index in [1.165, 1.54) is 16.9 Å². The highest BCUT2D eigenvalue weighted by atomic mass is 19.1. The molecule has 1 fully saturated rings. The van der Waals surface area contributed by atoms with Gasteiger partial charge in [0.2, 0.25) is 0 Å². The van der Waals surface area contributed by atoms with E-state index in [1.807, 2.05) is 30.0 Å². The number of hydrogen-bond acceptors (Lipinski definition) is 6. The Labute approximate surface area is 190 Å². The highest BCUT2D eigenvalue weighted by Gasteiger charge is 2.33. The van der Waals surface area contributed by atoms with Gasteiger partial charge in [0.05, 0.1) is 29.7 Å². The Kier molecular flexibility index (Phi) is 5.53. The SMILES string of the molecule is Cc1ccc(C(=O)N2CCCC(C)C2CNc2nc3cc(F)ccc3o2)c(-n2nccn2)c1. The van der Waals surface area contributed by atoms with E-state index in [9.17, 15) is 9.18 Å². The number of aromatic nitrogens is 4. The van der Waals surface area contributed by atoms with Gasteiger partial charge < -0.3 is 14.6 Å². The van der Waals surface area contributed by atoms with Gasteiger partial charge in [-0.05, 0) is 55.5 Å². The molecule has 33 heavy (non-hydrogen) atoms. The summed E-state index contributed by atoms with van der Waals surface area (Å²) < 4.78 is 19.2. The van der Waals surface area contributed by atoms with Crippen molar-refractivity contribution < 1.29 is 13.6 Å². The van der Waals surface area contributed by atoms with E-state index >= 15 is 0 Å². The first-order valence-corrected chi connectivity index (χ1v) is 11.1. The number of rotatable bonds is 5. The average Bonchev–Trinajstić information content (AvgIpc) is 3.47. The van der Waals surface area contributed by atoms with E-state index < -0.39 is 0 Å². The zero-order chi connectivity index (χ0) is 22.9. The third-order valence-corrected chi connectivity index (χ3v) is 6.21. The van der Waals surface area contributed by atoms with Gasteiger partial charge in [-0.3, -0.25) is 4.79 Å². The zero-order valence-electron chi connectivity index (χ0n) is 18.5. The molecule has 0 aliphatic carbocycles. The third-order valence-electron chi connectivity index (χ3n) is 6.21. The number of likely N-dealkylation sites (tertiary alicyclic amines) is 1. The summed E-state index contributed by atoms with van der Waals surface area (Å²) in [6.45, 7) is 5.26. The Bertz CT molecular complexity index is 1290. The molecular formula is C24H25FN6O2. The first kappa shape index (κ1) is 21.1. The van der Waals surface area contributed by atoms with E-state index in [-0.39, 0.29) is 23.7 Å². The van der Waals surface area contributed by atoms with Crippen molar-refractivity contribution in [2.24, 2.45) is 5.92 Å². The summed E-state index contributed by atoms with van der Waals surface area (Å²) in [6.07, 6.45) is 5.15. The van der Waals surface area contributed by atoms with E-state index in [1.54, 1.807) is 18.5 Å². The van der Waals surface area contributed by atoms with Crippen LogP contribution in [-0.4, -0.2) is 49.9 Å². The monoisotopic (exact) mass is 448 g/mol. The van der Waals surface area contributed by atoms with Crippen LogP contribution in [0, 0.1) is 18.7 Å². The minimum Gasteiger partial charge on any atom is -0.424 e.